The monoisotopic (exact) mass is 480 g/mol. The van der Waals surface area contributed by atoms with Crippen LogP contribution in [0.2, 0.25) is 0 Å². The van der Waals surface area contributed by atoms with Gasteiger partial charge in [0.25, 0.3) is 0 Å². The number of carbonyl (C=O) groups is 1. The van der Waals surface area contributed by atoms with Crippen LogP contribution in [0, 0.1) is 0 Å². The van der Waals surface area contributed by atoms with E-state index in [2.05, 4.69) is 31.0 Å². The first-order chi connectivity index (χ1) is 13.7. The number of amides is 1. The van der Waals surface area contributed by atoms with Crippen LogP contribution in [0.3, 0.4) is 0 Å². The smallest absolute Gasteiger partial charge is 0.241 e. The van der Waals surface area contributed by atoms with Crippen LogP contribution in [0.4, 0.5) is 5.69 Å². The van der Waals surface area contributed by atoms with E-state index < -0.39 is 21.7 Å². The van der Waals surface area contributed by atoms with Crippen LogP contribution >= 0.6 is 15.9 Å². The molecule has 0 aliphatic carbocycles. The molecule has 0 spiro atoms. The first kappa shape index (κ1) is 21.1. The topological polar surface area (TPSA) is 102 Å². The number of nitrogens with zero attached hydrogens (tertiary/aromatic N) is 2. The number of sulfonamides is 1. The van der Waals surface area contributed by atoms with Gasteiger partial charge in [-0.2, -0.15) is 0 Å². The van der Waals surface area contributed by atoms with Gasteiger partial charge in [-0.05, 0) is 66.2 Å². The van der Waals surface area contributed by atoms with Gasteiger partial charge >= 0.3 is 0 Å². The summed E-state index contributed by atoms with van der Waals surface area (Å²) in [5.74, 6) is -0.661. The molecule has 0 aliphatic rings. The van der Waals surface area contributed by atoms with Gasteiger partial charge in [0.05, 0.1) is 18.3 Å². The van der Waals surface area contributed by atoms with Gasteiger partial charge < -0.3 is 14.5 Å². The fourth-order valence-electron chi connectivity index (χ4n) is 2.60. The minimum Gasteiger partial charge on any atom is -0.491 e. The summed E-state index contributed by atoms with van der Waals surface area (Å²) in [7, 11) is -3.84. The van der Waals surface area contributed by atoms with E-state index in [0.717, 1.165) is 10.1 Å². The van der Waals surface area contributed by atoms with Crippen LogP contribution in [-0.2, 0) is 21.4 Å². The normalized spacial score (nSPS) is 11.6. The lowest BCUT2D eigenvalue weighted by Gasteiger charge is -2.11. The van der Waals surface area contributed by atoms with Crippen molar-refractivity contribution in [2.75, 3.05) is 10.5 Å². The Kier molecular flexibility index (Phi) is 6.43. The summed E-state index contributed by atoms with van der Waals surface area (Å²) < 4.78 is 35.1. The summed E-state index contributed by atoms with van der Waals surface area (Å²) in [5.41, 5.74) is 1.72. The zero-order valence-electron chi connectivity index (χ0n) is 15.9. The van der Waals surface area contributed by atoms with Crippen molar-refractivity contribution < 1.29 is 17.9 Å². The molecule has 0 saturated heterocycles. The highest BCUT2D eigenvalue weighted by Crippen LogP contribution is 2.18. The summed E-state index contributed by atoms with van der Waals surface area (Å²) in [4.78, 5) is 16.4. The molecule has 1 aromatic carbocycles. The molecule has 3 rings (SSSR count). The van der Waals surface area contributed by atoms with Crippen molar-refractivity contribution in [3.05, 3.63) is 59.0 Å². The highest BCUT2D eigenvalue weighted by atomic mass is 79.9. The predicted molar refractivity (Wildman–Crippen MR) is 114 cm³/mol. The highest BCUT2D eigenvalue weighted by molar-refractivity contribution is 9.10. The molecular formula is C19H21BrN4O4S. The van der Waals surface area contributed by atoms with Gasteiger partial charge in [-0.25, -0.2) is 13.4 Å². The first-order valence-corrected chi connectivity index (χ1v) is 11.3. The van der Waals surface area contributed by atoms with E-state index in [-0.39, 0.29) is 12.6 Å². The van der Waals surface area contributed by atoms with Gasteiger partial charge in [-0.1, -0.05) is 0 Å². The molecule has 154 valence electrons. The second-order valence-corrected chi connectivity index (χ2v) is 9.31. The van der Waals surface area contributed by atoms with Crippen molar-refractivity contribution in [3.8, 4) is 5.75 Å². The quantitative estimate of drug-likeness (QED) is 0.515. The SMILES string of the molecule is CC(C)Oc1ccc(NS(=O)(=O)CC(=O)NCc2cn3cc(Br)ccc3n2)cc1. The van der Waals surface area contributed by atoms with E-state index in [9.17, 15) is 13.2 Å². The molecule has 0 radical (unpaired) electrons. The summed E-state index contributed by atoms with van der Waals surface area (Å²) in [6.07, 6.45) is 3.64. The molecule has 0 atom stereocenters. The molecule has 29 heavy (non-hydrogen) atoms. The molecule has 2 heterocycles. The van der Waals surface area contributed by atoms with Gasteiger partial charge in [0.1, 0.15) is 17.1 Å². The molecule has 0 saturated carbocycles. The lowest BCUT2D eigenvalue weighted by atomic mass is 10.3. The Labute approximate surface area is 177 Å². The van der Waals surface area contributed by atoms with Crippen molar-refractivity contribution >= 4 is 43.2 Å². The number of ether oxygens (including phenoxy) is 1. The van der Waals surface area contributed by atoms with Crippen molar-refractivity contribution in [1.82, 2.24) is 14.7 Å². The summed E-state index contributed by atoms with van der Waals surface area (Å²) >= 11 is 3.38. The van der Waals surface area contributed by atoms with E-state index in [0.29, 0.717) is 17.1 Å². The summed E-state index contributed by atoms with van der Waals surface area (Å²) in [6.45, 7) is 3.94. The lowest BCUT2D eigenvalue weighted by Crippen LogP contribution is -2.32. The molecule has 0 aliphatic heterocycles. The fraction of sp³-hybridized carbons (Fsp3) is 0.263. The Bertz CT molecular complexity index is 1110. The molecule has 8 nitrogen and oxygen atoms in total. The van der Waals surface area contributed by atoms with Gasteiger partial charge in [0.15, 0.2) is 0 Å². The van der Waals surface area contributed by atoms with Crippen LogP contribution in [0.15, 0.2) is 53.3 Å². The van der Waals surface area contributed by atoms with Gasteiger partial charge in [-0.15, -0.1) is 0 Å². The van der Waals surface area contributed by atoms with Crippen LogP contribution < -0.4 is 14.8 Å². The second-order valence-electron chi connectivity index (χ2n) is 6.67. The zero-order chi connectivity index (χ0) is 21.0. The van der Waals surface area contributed by atoms with Crippen molar-refractivity contribution in [2.24, 2.45) is 0 Å². The number of hydrogen-bond donors (Lipinski definition) is 2. The van der Waals surface area contributed by atoms with Crippen molar-refractivity contribution in [2.45, 2.75) is 26.5 Å². The third-order valence-corrected chi connectivity index (χ3v) is 5.41. The maximum Gasteiger partial charge on any atom is 0.241 e. The van der Waals surface area contributed by atoms with E-state index in [1.807, 2.05) is 36.6 Å². The summed E-state index contributed by atoms with van der Waals surface area (Å²) in [6, 6.07) is 10.2. The number of benzene rings is 1. The van der Waals surface area contributed by atoms with Gasteiger partial charge in [0.2, 0.25) is 15.9 Å². The molecule has 3 aromatic rings. The van der Waals surface area contributed by atoms with Crippen LogP contribution in [-0.4, -0.2) is 35.6 Å². The van der Waals surface area contributed by atoms with Gasteiger partial charge in [0, 0.05) is 22.6 Å². The summed E-state index contributed by atoms with van der Waals surface area (Å²) in [5, 5.41) is 2.58. The molecular weight excluding hydrogens is 460 g/mol. The number of fused-ring (bicyclic) bond motifs is 1. The Balaban J connectivity index is 1.54. The number of aromatic nitrogens is 2. The van der Waals surface area contributed by atoms with E-state index in [4.69, 9.17) is 4.74 Å². The number of halogens is 1. The third-order valence-electron chi connectivity index (χ3n) is 3.75. The average molecular weight is 481 g/mol. The van der Waals surface area contributed by atoms with Crippen molar-refractivity contribution in [1.29, 1.82) is 0 Å². The van der Waals surface area contributed by atoms with E-state index >= 15 is 0 Å². The maximum absolute atomic E-state index is 12.2. The number of imidazole rings is 1. The fourth-order valence-corrected chi connectivity index (χ4v) is 3.97. The Morgan fingerprint density at radius 1 is 1.17 bits per heavy atom. The molecule has 2 aromatic heterocycles. The zero-order valence-corrected chi connectivity index (χ0v) is 18.3. The average Bonchev–Trinajstić information content (AvgIpc) is 3.02. The molecule has 0 unspecified atom stereocenters. The molecule has 0 bridgehead atoms. The molecule has 1 amide bonds. The number of hydrogen-bond acceptors (Lipinski definition) is 5. The van der Waals surface area contributed by atoms with Crippen LogP contribution in [0.5, 0.6) is 5.75 Å². The Hall–Kier alpha value is -2.59. The third kappa shape index (κ3) is 6.20. The predicted octanol–water partition coefficient (Wildman–Crippen LogP) is 2.94. The Morgan fingerprint density at radius 2 is 1.90 bits per heavy atom. The number of carbonyl (C=O) groups excluding carboxylic acids is 1. The number of nitrogens with one attached hydrogen (secondary N) is 2. The van der Waals surface area contributed by atoms with Crippen molar-refractivity contribution in [3.63, 3.8) is 0 Å². The molecule has 2 N–H and O–H groups in total. The van der Waals surface area contributed by atoms with E-state index in [1.54, 1.807) is 30.5 Å². The number of pyridine rings is 1. The molecule has 0 fully saturated rings. The van der Waals surface area contributed by atoms with Gasteiger partial charge in [-0.3, -0.25) is 9.52 Å². The minimum absolute atomic E-state index is 0.0238. The minimum atomic E-state index is -3.84. The number of rotatable bonds is 8. The van der Waals surface area contributed by atoms with E-state index in [1.165, 1.54) is 0 Å². The first-order valence-electron chi connectivity index (χ1n) is 8.87. The standard InChI is InChI=1S/C19H21BrN4O4S/c1-13(2)28-17-6-4-15(5-7-17)23-29(26,27)12-19(25)21-9-16-11-24-10-14(20)3-8-18(24)22-16/h3-8,10-11,13,23H,9,12H2,1-2H3,(H,21,25). The van der Waals surface area contributed by atoms with Crippen LogP contribution in [0.1, 0.15) is 19.5 Å². The maximum atomic E-state index is 12.2. The Morgan fingerprint density at radius 3 is 2.59 bits per heavy atom. The lowest BCUT2D eigenvalue weighted by molar-refractivity contribution is -0.118. The number of anilines is 1. The molecule has 10 heteroatoms. The second kappa shape index (κ2) is 8.83. The highest BCUT2D eigenvalue weighted by Gasteiger charge is 2.17. The van der Waals surface area contributed by atoms with Crippen LogP contribution in [0.25, 0.3) is 5.65 Å². The largest absolute Gasteiger partial charge is 0.491 e.